The van der Waals surface area contributed by atoms with Gasteiger partial charge in [-0.2, -0.15) is 0 Å². The van der Waals surface area contributed by atoms with Gasteiger partial charge >= 0.3 is 0 Å². The van der Waals surface area contributed by atoms with Crippen LogP contribution >= 0.6 is 0 Å². The van der Waals surface area contributed by atoms with Crippen molar-refractivity contribution < 1.29 is 17.9 Å². The average molecular weight is 387 g/mol. The maximum absolute atomic E-state index is 14.1. The quantitative estimate of drug-likeness (QED) is 0.770. The van der Waals surface area contributed by atoms with Gasteiger partial charge < -0.3 is 5.11 Å². The Kier molecular flexibility index (Phi) is 5.36. The van der Waals surface area contributed by atoms with E-state index >= 15 is 0 Å². The van der Waals surface area contributed by atoms with Gasteiger partial charge in [0, 0.05) is 5.56 Å². The zero-order valence-electron chi connectivity index (χ0n) is 15.2. The number of halogens is 1. The molecule has 0 saturated heterocycles. The highest BCUT2D eigenvalue weighted by atomic mass is 32.2. The van der Waals surface area contributed by atoms with Crippen LogP contribution in [0, 0.1) is 18.3 Å². The number of benzene rings is 2. The standard InChI is InChI=1S/C21H22FNO3S/c1-21(24)11-9-15(10-12-21)14-27(25,26)18-6-3-16(4-7-18)19-8-5-17(23-2)13-20(19)22/h3-8,13,15,24H,9-12,14H2,1H3. The van der Waals surface area contributed by atoms with Gasteiger partial charge in [0.1, 0.15) is 5.82 Å². The largest absolute Gasteiger partial charge is 0.390 e. The summed E-state index contributed by atoms with van der Waals surface area (Å²) in [6.45, 7) is 8.71. The van der Waals surface area contributed by atoms with Crippen LogP contribution in [-0.2, 0) is 9.84 Å². The Labute approximate surface area is 159 Å². The topological polar surface area (TPSA) is 58.7 Å². The maximum atomic E-state index is 14.1. The van der Waals surface area contributed by atoms with Crippen molar-refractivity contribution in [2.75, 3.05) is 5.75 Å². The van der Waals surface area contributed by atoms with Crippen molar-refractivity contribution in [1.82, 2.24) is 0 Å². The lowest BCUT2D eigenvalue weighted by Crippen LogP contribution is -2.32. The van der Waals surface area contributed by atoms with Crippen LogP contribution in [0.5, 0.6) is 0 Å². The van der Waals surface area contributed by atoms with Gasteiger partial charge in [-0.15, -0.1) is 0 Å². The molecule has 0 atom stereocenters. The second kappa shape index (κ2) is 7.41. The van der Waals surface area contributed by atoms with Gasteiger partial charge in [0.05, 0.1) is 22.8 Å². The van der Waals surface area contributed by atoms with E-state index in [0.717, 1.165) is 0 Å². The molecule has 0 aromatic heterocycles. The van der Waals surface area contributed by atoms with E-state index in [1.54, 1.807) is 19.1 Å². The zero-order chi connectivity index (χ0) is 19.7. The van der Waals surface area contributed by atoms with Crippen LogP contribution in [-0.4, -0.2) is 24.9 Å². The van der Waals surface area contributed by atoms with Gasteiger partial charge in [0.2, 0.25) is 0 Å². The van der Waals surface area contributed by atoms with Crippen molar-refractivity contribution in [2.24, 2.45) is 5.92 Å². The monoisotopic (exact) mass is 387 g/mol. The van der Waals surface area contributed by atoms with Crippen molar-refractivity contribution in [3.05, 3.63) is 59.7 Å². The Bertz CT molecular complexity index is 965. The highest BCUT2D eigenvalue weighted by Crippen LogP contribution is 2.34. The number of hydrogen-bond donors (Lipinski definition) is 1. The molecule has 0 radical (unpaired) electrons. The van der Waals surface area contributed by atoms with Crippen LogP contribution in [0.15, 0.2) is 47.4 Å². The van der Waals surface area contributed by atoms with Gasteiger partial charge in [-0.25, -0.2) is 17.7 Å². The summed E-state index contributed by atoms with van der Waals surface area (Å²) in [5.74, 6) is -0.391. The third kappa shape index (κ3) is 4.55. The molecule has 2 aromatic carbocycles. The van der Waals surface area contributed by atoms with Crippen LogP contribution in [0.1, 0.15) is 32.6 Å². The molecule has 4 nitrogen and oxygen atoms in total. The summed E-state index contributed by atoms with van der Waals surface area (Å²) in [6, 6.07) is 10.4. The molecule has 2 aromatic rings. The molecule has 1 saturated carbocycles. The maximum Gasteiger partial charge on any atom is 0.190 e. The van der Waals surface area contributed by atoms with Crippen molar-refractivity contribution in [2.45, 2.75) is 43.1 Å². The van der Waals surface area contributed by atoms with Crippen molar-refractivity contribution in [1.29, 1.82) is 0 Å². The lowest BCUT2D eigenvalue weighted by Gasteiger charge is -2.32. The molecular weight excluding hydrogens is 365 g/mol. The Morgan fingerprint density at radius 3 is 2.37 bits per heavy atom. The number of nitrogens with zero attached hydrogens (tertiary/aromatic N) is 1. The minimum atomic E-state index is -3.43. The molecule has 0 unspecified atom stereocenters. The third-order valence-corrected chi connectivity index (χ3v) is 7.14. The fraction of sp³-hybridized carbons (Fsp3) is 0.381. The SMILES string of the molecule is [C-]#[N+]c1ccc(-c2ccc(S(=O)(=O)CC3CCC(C)(O)CC3)cc2)c(F)c1. The molecule has 142 valence electrons. The van der Waals surface area contributed by atoms with Gasteiger partial charge in [-0.1, -0.05) is 24.3 Å². The van der Waals surface area contributed by atoms with E-state index in [9.17, 15) is 17.9 Å². The van der Waals surface area contributed by atoms with Crippen LogP contribution in [0.25, 0.3) is 16.0 Å². The number of rotatable bonds is 4. The molecule has 3 rings (SSSR count). The van der Waals surface area contributed by atoms with E-state index in [-0.39, 0.29) is 22.3 Å². The summed E-state index contributed by atoms with van der Waals surface area (Å²) in [5, 5.41) is 10.0. The van der Waals surface area contributed by atoms with Gasteiger partial charge in [0.25, 0.3) is 0 Å². The first kappa shape index (κ1) is 19.5. The molecule has 0 aliphatic heterocycles. The van der Waals surface area contributed by atoms with Gasteiger partial charge in [-0.3, -0.25) is 0 Å². The first-order valence-corrected chi connectivity index (χ1v) is 10.6. The molecule has 1 aliphatic carbocycles. The van der Waals surface area contributed by atoms with E-state index in [1.807, 2.05) is 0 Å². The smallest absolute Gasteiger partial charge is 0.190 e. The molecular formula is C21H22FNO3S. The fourth-order valence-corrected chi connectivity index (χ4v) is 5.22. The van der Waals surface area contributed by atoms with Crippen LogP contribution in [0.2, 0.25) is 0 Å². The lowest BCUT2D eigenvalue weighted by atomic mass is 9.81. The normalized spacial score (nSPS) is 23.0. The summed E-state index contributed by atoms with van der Waals surface area (Å²) < 4.78 is 39.5. The number of aliphatic hydroxyl groups is 1. The van der Waals surface area contributed by atoms with Crippen molar-refractivity contribution in [3.63, 3.8) is 0 Å². The Morgan fingerprint density at radius 1 is 1.19 bits per heavy atom. The average Bonchev–Trinajstić information content (AvgIpc) is 2.63. The molecule has 1 N–H and O–H groups in total. The van der Waals surface area contributed by atoms with Crippen molar-refractivity contribution >= 4 is 15.5 Å². The first-order valence-electron chi connectivity index (χ1n) is 8.93. The second-order valence-corrected chi connectivity index (χ2v) is 9.56. The molecule has 27 heavy (non-hydrogen) atoms. The second-order valence-electron chi connectivity index (χ2n) is 7.52. The van der Waals surface area contributed by atoms with E-state index in [1.165, 1.54) is 30.3 Å². The highest BCUT2D eigenvalue weighted by molar-refractivity contribution is 7.91. The van der Waals surface area contributed by atoms with Crippen LogP contribution in [0.3, 0.4) is 0 Å². The van der Waals surface area contributed by atoms with E-state index in [4.69, 9.17) is 6.57 Å². The van der Waals surface area contributed by atoms with E-state index in [0.29, 0.717) is 36.8 Å². The van der Waals surface area contributed by atoms with Gasteiger partial charge in [-0.05, 0) is 62.3 Å². The summed E-state index contributed by atoms with van der Waals surface area (Å²) >= 11 is 0. The molecule has 0 heterocycles. The zero-order valence-corrected chi connectivity index (χ0v) is 16.0. The molecule has 0 bridgehead atoms. The number of hydrogen-bond acceptors (Lipinski definition) is 3. The number of sulfone groups is 1. The molecule has 6 heteroatoms. The third-order valence-electron chi connectivity index (χ3n) is 5.24. The van der Waals surface area contributed by atoms with Crippen LogP contribution < -0.4 is 0 Å². The summed E-state index contributed by atoms with van der Waals surface area (Å²) in [5.41, 5.74) is 0.439. The lowest BCUT2D eigenvalue weighted by molar-refractivity contribution is 0.0108. The summed E-state index contributed by atoms with van der Waals surface area (Å²) in [6.07, 6.45) is 2.63. The summed E-state index contributed by atoms with van der Waals surface area (Å²) in [7, 11) is -3.43. The van der Waals surface area contributed by atoms with Crippen molar-refractivity contribution in [3.8, 4) is 11.1 Å². The van der Waals surface area contributed by atoms with E-state index in [2.05, 4.69) is 4.85 Å². The fourth-order valence-electron chi connectivity index (χ4n) is 3.52. The predicted octanol–water partition coefficient (Wildman–Crippen LogP) is 4.76. The molecule has 0 amide bonds. The van der Waals surface area contributed by atoms with E-state index < -0.39 is 21.3 Å². The Hall–Kier alpha value is -2.23. The summed E-state index contributed by atoms with van der Waals surface area (Å²) in [4.78, 5) is 3.42. The Morgan fingerprint density at radius 2 is 1.81 bits per heavy atom. The minimum absolute atomic E-state index is 0.0495. The highest BCUT2D eigenvalue weighted by Gasteiger charge is 2.31. The first-order chi connectivity index (χ1) is 12.7. The Balaban J connectivity index is 1.76. The molecule has 1 fully saturated rings. The minimum Gasteiger partial charge on any atom is -0.390 e. The predicted molar refractivity (Wildman–Crippen MR) is 103 cm³/mol. The molecule has 0 spiro atoms. The van der Waals surface area contributed by atoms with Crippen LogP contribution in [0.4, 0.5) is 10.1 Å². The van der Waals surface area contributed by atoms with Gasteiger partial charge in [0.15, 0.2) is 15.5 Å². The molecule has 1 aliphatic rings.